The summed E-state index contributed by atoms with van der Waals surface area (Å²) < 4.78 is 31.4. The van der Waals surface area contributed by atoms with E-state index in [0.717, 1.165) is 0 Å². The van der Waals surface area contributed by atoms with E-state index in [2.05, 4.69) is 6.58 Å². The molecule has 0 N–H and O–H groups in total. The van der Waals surface area contributed by atoms with E-state index in [0.29, 0.717) is 0 Å². The van der Waals surface area contributed by atoms with Crippen LogP contribution in [0.15, 0.2) is 12.7 Å². The van der Waals surface area contributed by atoms with Crippen molar-refractivity contribution in [3.63, 3.8) is 0 Å². The molecule has 1 atom stereocenters. The van der Waals surface area contributed by atoms with Crippen LogP contribution in [0.3, 0.4) is 0 Å². The molecule has 0 aliphatic carbocycles. The minimum absolute atomic E-state index is 0.185. The second-order valence-electron chi connectivity index (χ2n) is 3.74. The molecule has 0 aliphatic rings. The van der Waals surface area contributed by atoms with Crippen LogP contribution in [-0.4, -0.2) is 53.1 Å². The Morgan fingerprint density at radius 2 is 1.39 bits per heavy atom. The molecule has 0 aromatic heterocycles. The molecule has 0 fully saturated rings. The number of ether oxygens (including phenoxy) is 6. The molecule has 0 saturated heterocycles. The molecule has 0 bridgehead atoms. The van der Waals surface area contributed by atoms with E-state index >= 15 is 0 Å². The predicted octanol–water partition coefficient (Wildman–Crippen LogP) is 1.51. The molecule has 0 aromatic carbocycles. The third-order valence-corrected chi connectivity index (χ3v) is 2.62. The summed E-state index contributed by atoms with van der Waals surface area (Å²) >= 11 is 0. The summed E-state index contributed by atoms with van der Waals surface area (Å²) in [6, 6.07) is 0. The highest BCUT2D eigenvalue weighted by molar-refractivity contribution is 4.81. The van der Waals surface area contributed by atoms with Gasteiger partial charge in [-0.25, -0.2) is 0 Å². The standard InChI is InChI=1S/C12H24O6/c1-8-10(18-12(3,15-6)16-7)9-17-11(2,13-4)14-5/h8,10H,1,9H2,2-7H3. The summed E-state index contributed by atoms with van der Waals surface area (Å²) in [6.45, 7) is 7.15. The van der Waals surface area contributed by atoms with Gasteiger partial charge in [0.15, 0.2) is 0 Å². The Bertz CT molecular complexity index is 235. The van der Waals surface area contributed by atoms with Gasteiger partial charge in [0.25, 0.3) is 11.9 Å². The fraction of sp³-hybridized carbons (Fsp3) is 0.833. The van der Waals surface area contributed by atoms with Crippen molar-refractivity contribution in [1.82, 2.24) is 0 Å². The molecule has 6 nitrogen and oxygen atoms in total. The second-order valence-corrected chi connectivity index (χ2v) is 3.74. The average molecular weight is 264 g/mol. The smallest absolute Gasteiger partial charge is 0.279 e. The van der Waals surface area contributed by atoms with Gasteiger partial charge in [0.1, 0.15) is 6.10 Å². The zero-order chi connectivity index (χ0) is 14.2. The summed E-state index contributed by atoms with van der Waals surface area (Å²) in [5, 5.41) is 0. The van der Waals surface area contributed by atoms with E-state index in [4.69, 9.17) is 28.4 Å². The van der Waals surface area contributed by atoms with Gasteiger partial charge in [0, 0.05) is 42.3 Å². The van der Waals surface area contributed by atoms with Gasteiger partial charge in [0.05, 0.1) is 6.61 Å². The van der Waals surface area contributed by atoms with Crippen LogP contribution >= 0.6 is 0 Å². The van der Waals surface area contributed by atoms with E-state index in [1.807, 2.05) is 0 Å². The maximum Gasteiger partial charge on any atom is 0.279 e. The molecule has 0 amide bonds. The van der Waals surface area contributed by atoms with Crippen molar-refractivity contribution in [1.29, 1.82) is 0 Å². The first kappa shape index (κ1) is 17.5. The number of hydrogen-bond donors (Lipinski definition) is 0. The summed E-state index contributed by atoms with van der Waals surface area (Å²) in [7, 11) is 5.95. The lowest BCUT2D eigenvalue weighted by molar-refractivity contribution is -0.385. The van der Waals surface area contributed by atoms with Crippen molar-refractivity contribution < 1.29 is 28.4 Å². The minimum Gasteiger partial charge on any atom is -0.331 e. The molecule has 0 aromatic rings. The molecule has 0 rings (SSSR count). The lowest BCUT2D eigenvalue weighted by atomic mass is 10.3. The number of rotatable bonds is 10. The molecule has 0 spiro atoms. The Labute approximate surface area is 109 Å². The Morgan fingerprint density at radius 3 is 1.72 bits per heavy atom. The summed E-state index contributed by atoms with van der Waals surface area (Å²) in [6.07, 6.45) is 1.15. The van der Waals surface area contributed by atoms with Gasteiger partial charge in [-0.05, 0) is 0 Å². The van der Waals surface area contributed by atoms with Gasteiger partial charge in [-0.3, -0.25) is 0 Å². The molecular formula is C12H24O6. The Balaban J connectivity index is 4.40. The number of hydrogen-bond acceptors (Lipinski definition) is 6. The second kappa shape index (κ2) is 7.83. The third kappa shape index (κ3) is 5.43. The van der Waals surface area contributed by atoms with Crippen LogP contribution in [0.4, 0.5) is 0 Å². The van der Waals surface area contributed by atoms with Crippen molar-refractivity contribution >= 4 is 0 Å². The summed E-state index contributed by atoms with van der Waals surface area (Å²) in [4.78, 5) is 0. The molecular weight excluding hydrogens is 240 g/mol. The van der Waals surface area contributed by atoms with Crippen molar-refractivity contribution in [3.8, 4) is 0 Å². The van der Waals surface area contributed by atoms with Crippen LogP contribution in [-0.2, 0) is 28.4 Å². The highest BCUT2D eigenvalue weighted by atomic mass is 16.9. The average Bonchev–Trinajstić information content (AvgIpc) is 2.42. The lowest BCUT2D eigenvalue weighted by Gasteiger charge is -2.32. The zero-order valence-corrected chi connectivity index (χ0v) is 12.0. The highest BCUT2D eigenvalue weighted by Gasteiger charge is 2.30. The quantitative estimate of drug-likeness (QED) is 0.440. The van der Waals surface area contributed by atoms with Gasteiger partial charge in [-0.15, -0.1) is 6.58 Å². The van der Waals surface area contributed by atoms with Crippen LogP contribution in [0.2, 0.25) is 0 Å². The van der Waals surface area contributed by atoms with Crippen molar-refractivity contribution in [2.75, 3.05) is 35.0 Å². The fourth-order valence-electron chi connectivity index (χ4n) is 1.04. The first-order valence-electron chi connectivity index (χ1n) is 5.53. The van der Waals surface area contributed by atoms with Crippen molar-refractivity contribution in [2.45, 2.75) is 31.9 Å². The SMILES string of the molecule is C=CC(COC(C)(OC)OC)OC(C)(OC)OC. The Morgan fingerprint density at radius 1 is 0.944 bits per heavy atom. The van der Waals surface area contributed by atoms with Gasteiger partial charge in [-0.2, -0.15) is 0 Å². The molecule has 18 heavy (non-hydrogen) atoms. The summed E-state index contributed by atoms with van der Waals surface area (Å²) in [5.74, 6) is -2.28. The van der Waals surface area contributed by atoms with Crippen molar-refractivity contribution in [2.24, 2.45) is 0 Å². The first-order valence-corrected chi connectivity index (χ1v) is 5.53. The predicted molar refractivity (Wildman–Crippen MR) is 65.9 cm³/mol. The van der Waals surface area contributed by atoms with Gasteiger partial charge >= 0.3 is 0 Å². The zero-order valence-electron chi connectivity index (χ0n) is 12.0. The molecule has 6 heteroatoms. The summed E-state index contributed by atoms with van der Waals surface area (Å²) in [5.41, 5.74) is 0. The van der Waals surface area contributed by atoms with Crippen molar-refractivity contribution in [3.05, 3.63) is 12.7 Å². The Hall–Kier alpha value is -0.500. The molecule has 1 unspecified atom stereocenters. The largest absolute Gasteiger partial charge is 0.331 e. The molecule has 0 heterocycles. The molecule has 0 radical (unpaired) electrons. The van der Waals surface area contributed by atoms with Crippen LogP contribution in [0, 0.1) is 0 Å². The first-order chi connectivity index (χ1) is 8.38. The third-order valence-electron chi connectivity index (χ3n) is 2.62. The van der Waals surface area contributed by atoms with E-state index < -0.39 is 18.1 Å². The minimum atomic E-state index is -1.15. The van der Waals surface area contributed by atoms with Crippen LogP contribution in [0.5, 0.6) is 0 Å². The topological polar surface area (TPSA) is 55.4 Å². The monoisotopic (exact) mass is 264 g/mol. The van der Waals surface area contributed by atoms with E-state index in [1.54, 1.807) is 19.9 Å². The molecule has 0 saturated carbocycles. The lowest BCUT2D eigenvalue weighted by Crippen LogP contribution is -2.41. The van der Waals surface area contributed by atoms with Crippen LogP contribution < -0.4 is 0 Å². The Kier molecular flexibility index (Phi) is 7.61. The normalized spacial score (nSPS) is 14.6. The maximum absolute atomic E-state index is 5.57. The van der Waals surface area contributed by atoms with Gasteiger partial charge in [-0.1, -0.05) is 6.08 Å². The molecule has 108 valence electrons. The van der Waals surface area contributed by atoms with Crippen LogP contribution in [0.25, 0.3) is 0 Å². The van der Waals surface area contributed by atoms with Crippen LogP contribution in [0.1, 0.15) is 13.8 Å². The van der Waals surface area contributed by atoms with Gasteiger partial charge < -0.3 is 28.4 Å². The van der Waals surface area contributed by atoms with E-state index in [1.165, 1.54) is 28.4 Å². The molecule has 0 aliphatic heterocycles. The highest BCUT2D eigenvalue weighted by Crippen LogP contribution is 2.18. The van der Waals surface area contributed by atoms with E-state index in [-0.39, 0.29) is 6.61 Å². The van der Waals surface area contributed by atoms with Gasteiger partial charge in [0.2, 0.25) is 0 Å². The van der Waals surface area contributed by atoms with E-state index in [9.17, 15) is 0 Å². The maximum atomic E-state index is 5.57. The fourth-order valence-corrected chi connectivity index (χ4v) is 1.04. The number of methoxy groups -OCH3 is 4.